The van der Waals surface area contributed by atoms with Crippen LogP contribution in [0.25, 0.3) is 0 Å². The van der Waals surface area contributed by atoms with Gasteiger partial charge in [0.2, 0.25) is 0 Å². The summed E-state index contributed by atoms with van der Waals surface area (Å²) in [6.45, 7) is 4.25. The summed E-state index contributed by atoms with van der Waals surface area (Å²) >= 11 is 1.23. The maximum absolute atomic E-state index is 12.9. The molecule has 1 aromatic heterocycles. The number of pyridine rings is 1. The summed E-state index contributed by atoms with van der Waals surface area (Å²) in [6.07, 6.45) is -4.38. The first-order valence-electron chi connectivity index (χ1n) is 6.47. The first-order chi connectivity index (χ1) is 9.90. The van der Waals surface area contributed by atoms with E-state index in [4.69, 9.17) is 0 Å². The molecule has 0 radical (unpaired) electrons. The van der Waals surface area contributed by atoms with Gasteiger partial charge in [0.05, 0.1) is 5.56 Å². The molecule has 2 aromatic rings. The van der Waals surface area contributed by atoms with Gasteiger partial charge in [-0.3, -0.25) is 0 Å². The van der Waals surface area contributed by atoms with Crippen LogP contribution in [-0.4, -0.2) is 11.5 Å². The Balaban J connectivity index is 2.38. The van der Waals surface area contributed by atoms with Gasteiger partial charge in [-0.1, -0.05) is 30.0 Å². The number of rotatable bonds is 4. The predicted octanol–water partition coefficient (Wildman–Crippen LogP) is 4.99. The minimum atomic E-state index is -4.38. The summed E-state index contributed by atoms with van der Waals surface area (Å²) < 4.78 is 38.8. The first-order valence-corrected chi connectivity index (χ1v) is 7.28. The lowest BCUT2D eigenvalue weighted by atomic mass is 10.2. The number of hydrogen-bond donors (Lipinski definition) is 1. The molecule has 0 saturated heterocycles. The van der Waals surface area contributed by atoms with Gasteiger partial charge < -0.3 is 5.32 Å². The molecule has 0 aliphatic rings. The molecule has 0 fully saturated rings. The van der Waals surface area contributed by atoms with Crippen LogP contribution in [0.15, 0.2) is 46.3 Å². The molecular formula is C15H15F3N2S. The van der Waals surface area contributed by atoms with Crippen molar-refractivity contribution in [2.75, 3.05) is 11.9 Å². The van der Waals surface area contributed by atoms with E-state index in [1.165, 1.54) is 11.8 Å². The van der Waals surface area contributed by atoms with Crippen LogP contribution in [0.1, 0.15) is 18.1 Å². The van der Waals surface area contributed by atoms with E-state index >= 15 is 0 Å². The van der Waals surface area contributed by atoms with Crippen molar-refractivity contribution in [1.82, 2.24) is 4.98 Å². The Labute approximate surface area is 125 Å². The zero-order chi connectivity index (χ0) is 15.5. The molecule has 0 amide bonds. The van der Waals surface area contributed by atoms with Gasteiger partial charge in [0.15, 0.2) is 0 Å². The minimum absolute atomic E-state index is 0.239. The molecule has 6 heteroatoms. The Bertz CT molecular complexity index is 627. The van der Waals surface area contributed by atoms with Gasteiger partial charge in [-0.25, -0.2) is 4.98 Å². The molecule has 112 valence electrons. The molecule has 2 nitrogen and oxygen atoms in total. The highest BCUT2D eigenvalue weighted by molar-refractivity contribution is 7.99. The summed E-state index contributed by atoms with van der Waals surface area (Å²) in [6, 6.07) is 9.65. The van der Waals surface area contributed by atoms with E-state index in [1.54, 1.807) is 0 Å². The van der Waals surface area contributed by atoms with Gasteiger partial charge in [-0.05, 0) is 37.6 Å². The number of nitrogens with one attached hydrogen (secondary N) is 1. The van der Waals surface area contributed by atoms with Crippen molar-refractivity contribution in [3.8, 4) is 0 Å². The molecule has 0 saturated carbocycles. The van der Waals surface area contributed by atoms with Crippen molar-refractivity contribution >= 4 is 17.6 Å². The lowest BCUT2D eigenvalue weighted by Crippen LogP contribution is -2.08. The Morgan fingerprint density at radius 3 is 2.52 bits per heavy atom. The smallest absolute Gasteiger partial charge is 0.370 e. The molecule has 0 unspecified atom stereocenters. The quantitative estimate of drug-likeness (QED) is 0.860. The summed E-state index contributed by atoms with van der Waals surface area (Å²) in [5.41, 5.74) is 0.316. The van der Waals surface area contributed by atoms with Crippen molar-refractivity contribution < 1.29 is 13.2 Å². The molecule has 0 atom stereocenters. The number of aromatic nitrogens is 1. The van der Waals surface area contributed by atoms with Crippen LogP contribution in [0.4, 0.5) is 19.0 Å². The molecule has 0 aliphatic heterocycles. The zero-order valence-electron chi connectivity index (χ0n) is 11.7. The Kier molecular flexibility index (Phi) is 4.77. The number of benzene rings is 1. The molecule has 0 aliphatic carbocycles. The molecule has 1 aromatic carbocycles. The van der Waals surface area contributed by atoms with Crippen LogP contribution in [0, 0.1) is 6.92 Å². The van der Waals surface area contributed by atoms with Gasteiger partial charge in [0, 0.05) is 11.4 Å². The molecule has 1 N–H and O–H groups in total. The van der Waals surface area contributed by atoms with E-state index in [1.807, 2.05) is 38.1 Å². The average Bonchev–Trinajstić information content (AvgIpc) is 2.41. The second-order valence-electron chi connectivity index (χ2n) is 4.47. The number of halogens is 3. The third kappa shape index (κ3) is 4.14. The molecule has 0 bridgehead atoms. The fourth-order valence-electron chi connectivity index (χ4n) is 1.78. The monoisotopic (exact) mass is 312 g/mol. The number of hydrogen-bond acceptors (Lipinski definition) is 3. The second-order valence-corrected chi connectivity index (χ2v) is 5.54. The summed E-state index contributed by atoms with van der Waals surface area (Å²) in [4.78, 5) is 5.12. The van der Waals surface area contributed by atoms with Crippen LogP contribution < -0.4 is 5.32 Å². The SMILES string of the molecule is CCNc1cc(C(F)(F)F)cc(Sc2ccccc2C)n1. The van der Waals surface area contributed by atoms with E-state index in [0.29, 0.717) is 11.6 Å². The van der Waals surface area contributed by atoms with Gasteiger partial charge in [-0.2, -0.15) is 13.2 Å². The van der Waals surface area contributed by atoms with Gasteiger partial charge in [0.1, 0.15) is 10.8 Å². The van der Waals surface area contributed by atoms with E-state index in [0.717, 1.165) is 22.6 Å². The largest absolute Gasteiger partial charge is 0.416 e. The van der Waals surface area contributed by atoms with Crippen LogP contribution in [0.5, 0.6) is 0 Å². The lowest BCUT2D eigenvalue weighted by molar-refractivity contribution is -0.137. The lowest BCUT2D eigenvalue weighted by Gasteiger charge is -2.12. The van der Waals surface area contributed by atoms with Crippen molar-refractivity contribution in [1.29, 1.82) is 0 Å². The molecule has 21 heavy (non-hydrogen) atoms. The number of aryl methyl sites for hydroxylation is 1. The zero-order valence-corrected chi connectivity index (χ0v) is 12.5. The molecule has 1 heterocycles. The van der Waals surface area contributed by atoms with Crippen molar-refractivity contribution in [2.24, 2.45) is 0 Å². The predicted molar refractivity (Wildman–Crippen MR) is 78.7 cm³/mol. The molecular weight excluding hydrogens is 297 g/mol. The maximum atomic E-state index is 12.9. The van der Waals surface area contributed by atoms with E-state index in [2.05, 4.69) is 10.3 Å². The van der Waals surface area contributed by atoms with Crippen molar-refractivity contribution in [2.45, 2.75) is 29.9 Å². The van der Waals surface area contributed by atoms with Crippen molar-refractivity contribution in [3.05, 3.63) is 47.5 Å². The normalized spacial score (nSPS) is 11.5. The fraction of sp³-hybridized carbons (Fsp3) is 0.267. The maximum Gasteiger partial charge on any atom is 0.416 e. The summed E-state index contributed by atoms with van der Waals surface area (Å²) in [5, 5.41) is 3.17. The number of alkyl halides is 3. The number of anilines is 1. The highest BCUT2D eigenvalue weighted by Crippen LogP contribution is 2.35. The fourth-order valence-corrected chi connectivity index (χ4v) is 2.71. The topological polar surface area (TPSA) is 24.9 Å². The number of nitrogens with zero attached hydrogens (tertiary/aromatic N) is 1. The summed E-state index contributed by atoms with van der Waals surface area (Å²) in [7, 11) is 0. The minimum Gasteiger partial charge on any atom is -0.370 e. The summed E-state index contributed by atoms with van der Waals surface area (Å²) in [5.74, 6) is 0.239. The average molecular weight is 312 g/mol. The third-order valence-corrected chi connectivity index (χ3v) is 3.89. The Morgan fingerprint density at radius 2 is 1.90 bits per heavy atom. The van der Waals surface area contributed by atoms with E-state index < -0.39 is 11.7 Å². The Hall–Kier alpha value is -1.69. The molecule has 2 rings (SSSR count). The van der Waals surface area contributed by atoms with Crippen LogP contribution in [0.2, 0.25) is 0 Å². The Morgan fingerprint density at radius 1 is 1.19 bits per heavy atom. The first kappa shape index (κ1) is 15.7. The third-order valence-electron chi connectivity index (χ3n) is 2.80. The van der Waals surface area contributed by atoms with E-state index in [9.17, 15) is 13.2 Å². The standard InChI is InChI=1S/C15H15F3N2S/c1-3-19-13-8-11(15(16,17)18)9-14(20-13)21-12-7-5-4-6-10(12)2/h4-9H,3H2,1-2H3,(H,19,20). The highest BCUT2D eigenvalue weighted by atomic mass is 32.2. The van der Waals surface area contributed by atoms with Crippen LogP contribution >= 0.6 is 11.8 Å². The van der Waals surface area contributed by atoms with Gasteiger partial charge >= 0.3 is 6.18 Å². The van der Waals surface area contributed by atoms with Gasteiger partial charge in [-0.15, -0.1) is 0 Å². The van der Waals surface area contributed by atoms with Crippen LogP contribution in [0.3, 0.4) is 0 Å². The van der Waals surface area contributed by atoms with Crippen molar-refractivity contribution in [3.63, 3.8) is 0 Å². The van der Waals surface area contributed by atoms with Gasteiger partial charge in [0.25, 0.3) is 0 Å². The molecule has 0 spiro atoms. The van der Waals surface area contributed by atoms with E-state index in [-0.39, 0.29) is 5.82 Å². The second kappa shape index (κ2) is 6.39. The highest BCUT2D eigenvalue weighted by Gasteiger charge is 2.31. The van der Waals surface area contributed by atoms with Crippen LogP contribution in [-0.2, 0) is 6.18 Å².